The smallest absolute Gasteiger partial charge is 0.193 e. The fourth-order valence-corrected chi connectivity index (χ4v) is 5.02. The van der Waals surface area contributed by atoms with Crippen LogP contribution >= 0.6 is 35.7 Å². The highest BCUT2D eigenvalue weighted by Gasteiger charge is 2.38. The molecule has 1 aromatic heterocycles. The number of nitrogens with one attached hydrogen (secondary N) is 1. The average Bonchev–Trinajstić information content (AvgIpc) is 3.17. The number of hydrogen-bond donors (Lipinski definition) is 1. The van der Waals surface area contributed by atoms with Gasteiger partial charge in [0.15, 0.2) is 5.96 Å². The van der Waals surface area contributed by atoms with Crippen molar-refractivity contribution in [1.29, 1.82) is 0 Å². The van der Waals surface area contributed by atoms with Crippen LogP contribution in [-0.2, 0) is 6.54 Å². The number of aliphatic imine (C=N–C) groups is 1. The minimum absolute atomic E-state index is 0. The first-order valence-corrected chi connectivity index (χ1v) is 10.5. The van der Waals surface area contributed by atoms with Gasteiger partial charge in [0, 0.05) is 56.8 Å². The van der Waals surface area contributed by atoms with E-state index in [-0.39, 0.29) is 24.0 Å². The normalized spacial score (nSPS) is 21.1. The number of hydrogen-bond acceptors (Lipinski definition) is 5. The Morgan fingerprint density at radius 3 is 2.69 bits per heavy atom. The maximum Gasteiger partial charge on any atom is 0.193 e. The first-order chi connectivity index (χ1) is 12.2. The second-order valence-corrected chi connectivity index (χ2v) is 8.36. The highest BCUT2D eigenvalue weighted by molar-refractivity contribution is 14.0. The van der Waals surface area contributed by atoms with Crippen molar-refractivity contribution in [2.75, 3.05) is 45.2 Å². The summed E-state index contributed by atoms with van der Waals surface area (Å²) in [5.74, 6) is 3.46. The van der Waals surface area contributed by atoms with E-state index in [1.807, 2.05) is 13.1 Å². The molecule has 1 saturated carbocycles. The number of nitrogens with zero attached hydrogens (tertiary/aromatic N) is 4. The third-order valence-electron chi connectivity index (χ3n) is 5.51. The van der Waals surface area contributed by atoms with Gasteiger partial charge in [-0.25, -0.2) is 0 Å². The van der Waals surface area contributed by atoms with E-state index >= 15 is 0 Å². The fraction of sp³-hybridized carbons (Fsp3) is 0.778. The van der Waals surface area contributed by atoms with Crippen molar-refractivity contribution in [3.8, 4) is 0 Å². The zero-order valence-corrected chi connectivity index (χ0v) is 19.1. The molecule has 26 heavy (non-hydrogen) atoms. The molecule has 0 amide bonds. The molecule has 2 heterocycles. The second-order valence-electron chi connectivity index (χ2n) is 7.13. The summed E-state index contributed by atoms with van der Waals surface area (Å²) in [6.45, 7) is 4.12. The van der Waals surface area contributed by atoms with Crippen LogP contribution < -0.4 is 5.32 Å². The maximum absolute atomic E-state index is 4.93. The van der Waals surface area contributed by atoms with E-state index in [4.69, 9.17) is 4.52 Å². The standard InChI is InChI=1S/C18H31N5OS.HI/c1-19-17(22(2)14-16-6-11-24-21-16)20-15-18(7-4-3-5-8-18)23-9-12-25-13-10-23;/h6,11H,3-5,7-10,12-15H2,1-2H3,(H,19,20);1H. The Bertz CT molecular complexity index is 542. The molecule has 0 unspecified atom stereocenters. The molecule has 6 nitrogen and oxygen atoms in total. The molecule has 1 aliphatic carbocycles. The van der Waals surface area contributed by atoms with E-state index < -0.39 is 0 Å². The molecule has 0 atom stereocenters. The third kappa shape index (κ3) is 5.51. The summed E-state index contributed by atoms with van der Waals surface area (Å²) in [5.41, 5.74) is 1.22. The van der Waals surface area contributed by atoms with Crippen LogP contribution in [0, 0.1) is 0 Å². The van der Waals surface area contributed by atoms with Crippen LogP contribution in [0.5, 0.6) is 0 Å². The van der Waals surface area contributed by atoms with Crippen LogP contribution in [0.3, 0.4) is 0 Å². The van der Waals surface area contributed by atoms with Gasteiger partial charge < -0.3 is 14.7 Å². The van der Waals surface area contributed by atoms with Crippen molar-refractivity contribution < 1.29 is 4.52 Å². The third-order valence-corrected chi connectivity index (χ3v) is 6.45. The summed E-state index contributed by atoms with van der Waals surface area (Å²) >= 11 is 2.09. The van der Waals surface area contributed by atoms with Crippen LogP contribution in [0.4, 0.5) is 0 Å². The zero-order chi connectivity index (χ0) is 17.5. The Kier molecular flexibility index (Phi) is 9.02. The minimum atomic E-state index is 0. The lowest BCUT2D eigenvalue weighted by molar-refractivity contribution is 0.0621. The van der Waals surface area contributed by atoms with Gasteiger partial charge in [0.25, 0.3) is 0 Å². The molecule has 1 N–H and O–H groups in total. The molecule has 0 radical (unpaired) electrons. The molecule has 148 valence electrons. The molecule has 8 heteroatoms. The lowest BCUT2D eigenvalue weighted by atomic mass is 9.80. The van der Waals surface area contributed by atoms with E-state index in [0.29, 0.717) is 12.1 Å². The molecule has 2 aliphatic rings. The molecule has 0 aromatic carbocycles. The molecule has 0 spiro atoms. The molecular weight excluding hydrogens is 461 g/mol. The van der Waals surface area contributed by atoms with Gasteiger partial charge in [-0.15, -0.1) is 24.0 Å². The summed E-state index contributed by atoms with van der Waals surface area (Å²) in [6, 6.07) is 1.90. The topological polar surface area (TPSA) is 56.9 Å². The van der Waals surface area contributed by atoms with Crippen LogP contribution in [0.2, 0.25) is 0 Å². The Hall–Kier alpha value is -0.480. The molecule has 2 fully saturated rings. The van der Waals surface area contributed by atoms with Crippen molar-refractivity contribution in [1.82, 2.24) is 20.3 Å². The molecular formula is C18H32IN5OS. The number of halogens is 1. The second kappa shape index (κ2) is 10.8. The molecule has 1 aromatic rings. The summed E-state index contributed by atoms with van der Waals surface area (Å²) in [4.78, 5) is 9.34. The van der Waals surface area contributed by atoms with Gasteiger partial charge in [0.05, 0.1) is 6.54 Å². The number of guanidine groups is 1. The number of thioether (sulfide) groups is 1. The predicted molar refractivity (Wildman–Crippen MR) is 119 cm³/mol. The first kappa shape index (κ1) is 21.8. The lowest BCUT2D eigenvalue weighted by Crippen LogP contribution is -2.59. The fourth-order valence-electron chi connectivity index (χ4n) is 4.12. The summed E-state index contributed by atoms with van der Waals surface area (Å²) in [7, 11) is 3.90. The largest absolute Gasteiger partial charge is 0.364 e. The van der Waals surface area contributed by atoms with E-state index in [0.717, 1.165) is 18.2 Å². The maximum atomic E-state index is 4.93. The monoisotopic (exact) mass is 493 g/mol. The highest BCUT2D eigenvalue weighted by Crippen LogP contribution is 2.34. The van der Waals surface area contributed by atoms with Crippen LogP contribution in [0.15, 0.2) is 21.8 Å². The SMILES string of the molecule is CN=C(NCC1(N2CCSCC2)CCCCC1)N(C)Cc1ccon1.I. The van der Waals surface area contributed by atoms with Gasteiger partial charge in [-0.05, 0) is 12.8 Å². The van der Waals surface area contributed by atoms with Gasteiger partial charge in [-0.2, -0.15) is 11.8 Å². The van der Waals surface area contributed by atoms with E-state index in [1.54, 1.807) is 6.26 Å². The van der Waals surface area contributed by atoms with Gasteiger partial charge >= 0.3 is 0 Å². The van der Waals surface area contributed by atoms with Gasteiger partial charge in [0.2, 0.25) is 0 Å². The average molecular weight is 493 g/mol. The predicted octanol–water partition coefficient (Wildman–Crippen LogP) is 3.05. The van der Waals surface area contributed by atoms with Gasteiger partial charge in [-0.1, -0.05) is 24.4 Å². The van der Waals surface area contributed by atoms with E-state index in [2.05, 4.69) is 44.1 Å². The van der Waals surface area contributed by atoms with Gasteiger partial charge in [0.1, 0.15) is 12.0 Å². The van der Waals surface area contributed by atoms with E-state index in [1.165, 1.54) is 56.7 Å². The van der Waals surface area contributed by atoms with Crippen molar-refractivity contribution >= 4 is 41.7 Å². The number of aromatic nitrogens is 1. The molecule has 0 bridgehead atoms. The van der Waals surface area contributed by atoms with Crippen LogP contribution in [-0.4, -0.2) is 71.7 Å². The quantitative estimate of drug-likeness (QED) is 0.387. The molecule has 1 saturated heterocycles. The van der Waals surface area contributed by atoms with Crippen molar-refractivity contribution in [3.63, 3.8) is 0 Å². The Balaban J connectivity index is 0.00000243. The zero-order valence-electron chi connectivity index (χ0n) is 15.9. The Morgan fingerprint density at radius 1 is 1.35 bits per heavy atom. The van der Waals surface area contributed by atoms with Crippen molar-refractivity contribution in [2.24, 2.45) is 4.99 Å². The van der Waals surface area contributed by atoms with Crippen LogP contribution in [0.25, 0.3) is 0 Å². The van der Waals surface area contributed by atoms with Crippen molar-refractivity contribution in [3.05, 3.63) is 18.0 Å². The van der Waals surface area contributed by atoms with E-state index in [9.17, 15) is 0 Å². The molecule has 3 rings (SSSR count). The summed E-state index contributed by atoms with van der Waals surface area (Å²) in [5, 5.41) is 7.66. The highest BCUT2D eigenvalue weighted by atomic mass is 127. The minimum Gasteiger partial charge on any atom is -0.364 e. The number of rotatable bonds is 5. The summed E-state index contributed by atoms with van der Waals surface area (Å²) < 4.78 is 4.93. The van der Waals surface area contributed by atoms with Gasteiger partial charge in [-0.3, -0.25) is 9.89 Å². The lowest BCUT2D eigenvalue weighted by Gasteiger charge is -2.48. The molecule has 1 aliphatic heterocycles. The Morgan fingerprint density at radius 2 is 2.08 bits per heavy atom. The summed E-state index contributed by atoms with van der Waals surface area (Å²) in [6.07, 6.45) is 8.29. The van der Waals surface area contributed by atoms with Crippen LogP contribution in [0.1, 0.15) is 37.8 Å². The Labute approximate surface area is 178 Å². The van der Waals surface area contributed by atoms with Crippen molar-refractivity contribution in [2.45, 2.75) is 44.2 Å². The first-order valence-electron chi connectivity index (χ1n) is 9.37.